The van der Waals surface area contributed by atoms with E-state index in [4.69, 9.17) is 9.97 Å². The number of pyridine rings is 2. The number of fused-ring (bicyclic) bond motifs is 9. The first-order chi connectivity index (χ1) is 25.8. The molecular weight excluding hydrogens is 633 g/mol. The van der Waals surface area contributed by atoms with Crippen molar-refractivity contribution in [1.82, 2.24) is 19.1 Å². The Morgan fingerprint density at radius 3 is 1.42 bits per heavy atom. The molecule has 0 saturated carbocycles. The van der Waals surface area contributed by atoms with Crippen molar-refractivity contribution in [1.29, 1.82) is 0 Å². The molecule has 4 nitrogen and oxygen atoms in total. The van der Waals surface area contributed by atoms with Crippen LogP contribution in [0.15, 0.2) is 182 Å². The highest BCUT2D eigenvalue weighted by molar-refractivity contribution is 6.26. The fourth-order valence-electron chi connectivity index (χ4n) is 8.29. The summed E-state index contributed by atoms with van der Waals surface area (Å²) in [5.41, 5.74) is 8.63. The molecule has 0 saturated heterocycles. The molecule has 4 heteroatoms. The minimum Gasteiger partial charge on any atom is -0.294 e. The standard InChI is InChI=1S/C48H30N4/c1-3-17-33-31(13-1)15-9-21-35(33)40-23-11-27-45(49-40)51-43-26-8-6-20-39(43)47-44(51)30-29-38-37-19-5-7-25-42(37)52(48(38)47)46-28-12-24-41(50-46)36-22-10-16-32-14-2-4-18-34(32)36/h1-30H. The maximum absolute atomic E-state index is 5.40. The number of hydrogen-bond donors (Lipinski definition) is 0. The Kier molecular flexibility index (Phi) is 6.22. The van der Waals surface area contributed by atoms with E-state index in [9.17, 15) is 0 Å². The molecule has 0 aliphatic carbocycles. The normalized spacial score (nSPS) is 11.8. The molecule has 7 aromatic carbocycles. The lowest BCUT2D eigenvalue weighted by molar-refractivity contribution is 1.08. The molecule has 0 amide bonds. The lowest BCUT2D eigenvalue weighted by Gasteiger charge is -2.12. The van der Waals surface area contributed by atoms with Crippen LogP contribution < -0.4 is 0 Å². The molecule has 0 radical (unpaired) electrons. The molecule has 52 heavy (non-hydrogen) atoms. The predicted octanol–water partition coefficient (Wildman–Crippen LogP) is 12.3. The monoisotopic (exact) mass is 662 g/mol. The molecule has 4 heterocycles. The van der Waals surface area contributed by atoms with E-state index in [1.54, 1.807) is 0 Å². The van der Waals surface area contributed by atoms with Crippen LogP contribution in [0.5, 0.6) is 0 Å². The Morgan fingerprint density at radius 2 is 0.788 bits per heavy atom. The van der Waals surface area contributed by atoms with Crippen molar-refractivity contribution in [3.63, 3.8) is 0 Å². The molecule has 4 aromatic heterocycles. The summed E-state index contributed by atoms with van der Waals surface area (Å²) in [7, 11) is 0. The number of aromatic nitrogens is 4. The number of hydrogen-bond acceptors (Lipinski definition) is 2. The van der Waals surface area contributed by atoms with Crippen LogP contribution in [0.25, 0.3) is 99.3 Å². The molecule has 242 valence electrons. The highest BCUT2D eigenvalue weighted by atomic mass is 15.1. The first kappa shape index (κ1) is 28.8. The van der Waals surface area contributed by atoms with Gasteiger partial charge in [-0.25, -0.2) is 9.97 Å². The van der Waals surface area contributed by atoms with Crippen LogP contribution in [0.4, 0.5) is 0 Å². The second-order valence-corrected chi connectivity index (χ2v) is 13.4. The molecular formula is C48H30N4. The van der Waals surface area contributed by atoms with E-state index in [2.05, 4.69) is 191 Å². The van der Waals surface area contributed by atoms with Gasteiger partial charge in [0.25, 0.3) is 0 Å². The topological polar surface area (TPSA) is 35.6 Å². The van der Waals surface area contributed by atoms with Crippen molar-refractivity contribution in [3.8, 4) is 34.2 Å². The summed E-state index contributed by atoms with van der Waals surface area (Å²) in [4.78, 5) is 10.8. The van der Waals surface area contributed by atoms with Gasteiger partial charge in [0.2, 0.25) is 0 Å². The molecule has 0 aliphatic heterocycles. The summed E-state index contributed by atoms with van der Waals surface area (Å²) in [6, 6.07) is 64.6. The second-order valence-electron chi connectivity index (χ2n) is 13.4. The van der Waals surface area contributed by atoms with Crippen LogP contribution in [0.2, 0.25) is 0 Å². The van der Waals surface area contributed by atoms with Gasteiger partial charge in [-0.3, -0.25) is 9.13 Å². The molecule has 0 aliphatic rings. The van der Waals surface area contributed by atoms with Gasteiger partial charge >= 0.3 is 0 Å². The molecule has 0 atom stereocenters. The zero-order chi connectivity index (χ0) is 34.2. The van der Waals surface area contributed by atoms with Crippen molar-refractivity contribution >= 4 is 65.2 Å². The van der Waals surface area contributed by atoms with Crippen LogP contribution in [-0.2, 0) is 0 Å². The van der Waals surface area contributed by atoms with Crippen LogP contribution in [0.3, 0.4) is 0 Å². The summed E-state index contributed by atoms with van der Waals surface area (Å²) in [6.07, 6.45) is 0. The fraction of sp³-hybridized carbons (Fsp3) is 0. The first-order valence-electron chi connectivity index (χ1n) is 17.7. The predicted molar refractivity (Wildman–Crippen MR) is 217 cm³/mol. The Morgan fingerprint density at radius 1 is 0.308 bits per heavy atom. The third-order valence-electron chi connectivity index (χ3n) is 10.5. The molecule has 0 spiro atoms. The van der Waals surface area contributed by atoms with Crippen LogP contribution in [0.1, 0.15) is 0 Å². The highest BCUT2D eigenvalue weighted by Gasteiger charge is 2.22. The molecule has 0 N–H and O–H groups in total. The quantitative estimate of drug-likeness (QED) is 0.188. The van der Waals surface area contributed by atoms with Gasteiger partial charge in [0, 0.05) is 32.7 Å². The van der Waals surface area contributed by atoms with Gasteiger partial charge in [-0.1, -0.05) is 140 Å². The summed E-state index contributed by atoms with van der Waals surface area (Å²) in [5, 5.41) is 9.55. The third kappa shape index (κ3) is 4.21. The van der Waals surface area contributed by atoms with Gasteiger partial charge in [-0.2, -0.15) is 0 Å². The summed E-state index contributed by atoms with van der Waals surface area (Å²) >= 11 is 0. The SMILES string of the molecule is c1cc(-c2cccc3ccccc23)nc(-n2c3ccccc3c3c2ccc2c4ccccc4n(-c4cccc(-c5cccc6ccccc56)n4)c23)c1. The number of rotatable bonds is 4. The lowest BCUT2D eigenvalue weighted by Crippen LogP contribution is -2.00. The largest absolute Gasteiger partial charge is 0.294 e. The molecule has 11 aromatic rings. The lowest BCUT2D eigenvalue weighted by atomic mass is 10.0. The smallest absolute Gasteiger partial charge is 0.138 e. The van der Waals surface area contributed by atoms with E-state index in [0.717, 1.165) is 56.2 Å². The Labute approximate surface area is 299 Å². The van der Waals surface area contributed by atoms with Gasteiger partial charge < -0.3 is 0 Å². The maximum Gasteiger partial charge on any atom is 0.138 e. The summed E-state index contributed by atoms with van der Waals surface area (Å²) < 4.78 is 4.68. The van der Waals surface area contributed by atoms with Gasteiger partial charge in [0.1, 0.15) is 11.6 Å². The van der Waals surface area contributed by atoms with Crippen LogP contribution in [0, 0.1) is 0 Å². The fourth-order valence-corrected chi connectivity index (χ4v) is 8.29. The van der Waals surface area contributed by atoms with Crippen LogP contribution >= 0.6 is 0 Å². The minimum atomic E-state index is 0.884. The number of benzene rings is 7. The maximum atomic E-state index is 5.40. The zero-order valence-electron chi connectivity index (χ0n) is 28.1. The van der Waals surface area contributed by atoms with Crippen molar-refractivity contribution in [2.75, 3.05) is 0 Å². The Balaban J connectivity index is 1.20. The highest BCUT2D eigenvalue weighted by Crippen LogP contribution is 2.42. The molecule has 0 fully saturated rings. The minimum absolute atomic E-state index is 0.884. The Hall–Kier alpha value is -7.04. The van der Waals surface area contributed by atoms with E-state index in [1.807, 2.05) is 0 Å². The Bertz CT molecular complexity index is 3190. The molecule has 0 unspecified atom stereocenters. The van der Waals surface area contributed by atoms with Gasteiger partial charge in [0.05, 0.1) is 33.5 Å². The van der Waals surface area contributed by atoms with Crippen molar-refractivity contribution in [2.24, 2.45) is 0 Å². The van der Waals surface area contributed by atoms with Crippen LogP contribution in [-0.4, -0.2) is 19.1 Å². The van der Waals surface area contributed by atoms with E-state index < -0.39 is 0 Å². The average Bonchev–Trinajstić information content (AvgIpc) is 3.73. The van der Waals surface area contributed by atoms with E-state index >= 15 is 0 Å². The van der Waals surface area contributed by atoms with E-state index in [-0.39, 0.29) is 0 Å². The molecule has 0 bridgehead atoms. The number of para-hydroxylation sites is 2. The third-order valence-corrected chi connectivity index (χ3v) is 10.5. The summed E-state index contributed by atoms with van der Waals surface area (Å²) in [6.45, 7) is 0. The number of nitrogens with zero attached hydrogens (tertiary/aromatic N) is 4. The summed E-state index contributed by atoms with van der Waals surface area (Å²) in [5.74, 6) is 1.77. The zero-order valence-corrected chi connectivity index (χ0v) is 28.1. The van der Waals surface area contributed by atoms with Gasteiger partial charge in [-0.05, 0) is 64.0 Å². The van der Waals surface area contributed by atoms with Crippen molar-refractivity contribution in [2.45, 2.75) is 0 Å². The molecule has 11 rings (SSSR count). The van der Waals surface area contributed by atoms with E-state index in [1.165, 1.54) is 43.1 Å². The van der Waals surface area contributed by atoms with Gasteiger partial charge in [0.15, 0.2) is 0 Å². The second kappa shape index (κ2) is 11.2. The van der Waals surface area contributed by atoms with Crippen molar-refractivity contribution in [3.05, 3.63) is 182 Å². The van der Waals surface area contributed by atoms with Gasteiger partial charge in [-0.15, -0.1) is 0 Å². The average molecular weight is 663 g/mol. The van der Waals surface area contributed by atoms with E-state index in [0.29, 0.717) is 0 Å². The first-order valence-corrected chi connectivity index (χ1v) is 17.7. The van der Waals surface area contributed by atoms with Crippen molar-refractivity contribution < 1.29 is 0 Å².